The van der Waals surface area contributed by atoms with Crippen molar-refractivity contribution in [1.82, 2.24) is 14.1 Å². The first kappa shape index (κ1) is 14.5. The van der Waals surface area contributed by atoms with Crippen LogP contribution in [-0.4, -0.2) is 14.1 Å². The predicted molar refractivity (Wildman–Crippen MR) is 80.3 cm³/mol. The molecule has 0 aliphatic heterocycles. The van der Waals surface area contributed by atoms with Gasteiger partial charge in [-0.15, -0.1) is 0 Å². The van der Waals surface area contributed by atoms with Crippen LogP contribution in [0.4, 0.5) is 0 Å². The van der Waals surface area contributed by atoms with Gasteiger partial charge in [0.2, 0.25) is 0 Å². The van der Waals surface area contributed by atoms with Crippen molar-refractivity contribution in [3.8, 4) is 0 Å². The molecule has 20 heavy (non-hydrogen) atoms. The molecule has 0 spiro atoms. The zero-order valence-corrected chi connectivity index (χ0v) is 12.9. The van der Waals surface area contributed by atoms with Crippen molar-refractivity contribution in [3.05, 3.63) is 39.3 Å². The van der Waals surface area contributed by atoms with E-state index in [4.69, 9.17) is 0 Å². The topological polar surface area (TPSA) is 56.9 Å². The van der Waals surface area contributed by atoms with Crippen molar-refractivity contribution in [1.29, 1.82) is 0 Å². The van der Waals surface area contributed by atoms with Crippen molar-refractivity contribution >= 4 is 10.9 Å². The van der Waals surface area contributed by atoms with Crippen LogP contribution in [0.2, 0.25) is 0 Å². The number of nitrogens with zero attached hydrogens (tertiary/aromatic N) is 3. The van der Waals surface area contributed by atoms with Crippen LogP contribution in [0.1, 0.15) is 41.5 Å². The van der Waals surface area contributed by atoms with Crippen LogP contribution in [0, 0.1) is 0 Å². The zero-order chi connectivity index (χ0) is 15.3. The van der Waals surface area contributed by atoms with E-state index in [0.29, 0.717) is 10.9 Å². The van der Waals surface area contributed by atoms with Gasteiger partial charge in [0.15, 0.2) is 0 Å². The number of fused-ring (bicyclic) bond motifs is 1. The highest BCUT2D eigenvalue weighted by molar-refractivity contribution is 5.77. The Kier molecular flexibility index (Phi) is 3.11. The summed E-state index contributed by atoms with van der Waals surface area (Å²) >= 11 is 0. The van der Waals surface area contributed by atoms with Gasteiger partial charge in [0.1, 0.15) is 0 Å². The molecule has 5 nitrogen and oxygen atoms in total. The van der Waals surface area contributed by atoms with E-state index in [2.05, 4.69) is 4.98 Å². The van der Waals surface area contributed by atoms with Crippen LogP contribution in [0.15, 0.2) is 28.0 Å². The molecule has 2 heterocycles. The highest BCUT2D eigenvalue weighted by Crippen LogP contribution is 2.18. The monoisotopic (exact) mass is 275 g/mol. The molecule has 0 radical (unpaired) electrons. The minimum atomic E-state index is -0.578. The molecular formula is C15H21N3O2. The van der Waals surface area contributed by atoms with Crippen molar-refractivity contribution in [2.45, 2.75) is 52.6 Å². The molecule has 0 N–H and O–H groups in total. The summed E-state index contributed by atoms with van der Waals surface area (Å²) in [5.41, 5.74) is -0.939. The fraction of sp³-hybridized carbons (Fsp3) is 0.533. The molecule has 0 fully saturated rings. The maximum absolute atomic E-state index is 12.8. The minimum Gasteiger partial charge on any atom is -0.288 e. The maximum Gasteiger partial charge on any atom is 0.332 e. The smallest absolute Gasteiger partial charge is 0.288 e. The van der Waals surface area contributed by atoms with Gasteiger partial charge in [-0.2, -0.15) is 0 Å². The molecule has 2 aromatic rings. The van der Waals surface area contributed by atoms with Gasteiger partial charge in [0.25, 0.3) is 5.56 Å². The second kappa shape index (κ2) is 4.30. The number of rotatable bonds is 0. The van der Waals surface area contributed by atoms with Gasteiger partial charge < -0.3 is 0 Å². The van der Waals surface area contributed by atoms with Crippen LogP contribution >= 0.6 is 0 Å². The van der Waals surface area contributed by atoms with E-state index in [-0.39, 0.29) is 11.2 Å². The fourth-order valence-electron chi connectivity index (χ4n) is 2.40. The third kappa shape index (κ3) is 2.17. The van der Waals surface area contributed by atoms with E-state index in [0.717, 1.165) is 0 Å². The van der Waals surface area contributed by atoms with Crippen molar-refractivity contribution in [2.75, 3.05) is 0 Å². The van der Waals surface area contributed by atoms with Crippen LogP contribution in [0.3, 0.4) is 0 Å². The van der Waals surface area contributed by atoms with Gasteiger partial charge in [-0.1, -0.05) is 0 Å². The van der Waals surface area contributed by atoms with Crippen molar-refractivity contribution < 1.29 is 0 Å². The standard InChI is InChI=1S/C15H21N3O2/c1-14(2,3)17-11-7-8-16-9-10(11)12(19)18(13(17)20)15(4,5)6/h7-9H,1-6H3. The second-order valence-electron chi connectivity index (χ2n) is 6.99. The van der Waals surface area contributed by atoms with Gasteiger partial charge in [0.05, 0.1) is 10.9 Å². The molecule has 0 saturated carbocycles. The lowest BCUT2D eigenvalue weighted by Crippen LogP contribution is -2.50. The first-order chi connectivity index (χ1) is 9.05. The van der Waals surface area contributed by atoms with Gasteiger partial charge in [-0.3, -0.25) is 18.9 Å². The van der Waals surface area contributed by atoms with Crippen LogP contribution in [0.25, 0.3) is 10.9 Å². The number of hydrogen-bond acceptors (Lipinski definition) is 3. The average molecular weight is 275 g/mol. The lowest BCUT2D eigenvalue weighted by Gasteiger charge is -2.29. The summed E-state index contributed by atoms with van der Waals surface area (Å²) in [5.74, 6) is 0. The molecule has 0 atom stereocenters. The van der Waals surface area contributed by atoms with Crippen LogP contribution in [-0.2, 0) is 11.1 Å². The first-order valence-electron chi connectivity index (χ1n) is 6.68. The number of hydrogen-bond donors (Lipinski definition) is 0. The fourth-order valence-corrected chi connectivity index (χ4v) is 2.40. The van der Waals surface area contributed by atoms with E-state index < -0.39 is 11.1 Å². The number of aromatic nitrogens is 3. The summed E-state index contributed by atoms with van der Waals surface area (Å²) in [6.45, 7) is 11.4. The van der Waals surface area contributed by atoms with E-state index in [9.17, 15) is 9.59 Å². The Morgan fingerprint density at radius 3 is 2.00 bits per heavy atom. The molecule has 2 aromatic heterocycles. The van der Waals surface area contributed by atoms with Crippen LogP contribution in [0.5, 0.6) is 0 Å². The Morgan fingerprint density at radius 1 is 0.950 bits per heavy atom. The molecule has 0 aliphatic carbocycles. The maximum atomic E-state index is 12.8. The molecule has 0 bridgehead atoms. The molecule has 0 saturated heterocycles. The van der Waals surface area contributed by atoms with E-state index in [1.807, 2.05) is 41.5 Å². The Bertz CT molecular complexity index is 771. The molecule has 0 amide bonds. The number of pyridine rings is 1. The van der Waals surface area contributed by atoms with Crippen molar-refractivity contribution in [3.63, 3.8) is 0 Å². The lowest BCUT2D eigenvalue weighted by molar-refractivity contribution is 0.321. The summed E-state index contributed by atoms with van der Waals surface area (Å²) in [6, 6.07) is 1.72. The van der Waals surface area contributed by atoms with E-state index >= 15 is 0 Å². The third-order valence-electron chi connectivity index (χ3n) is 3.20. The summed E-state index contributed by atoms with van der Waals surface area (Å²) in [6.07, 6.45) is 3.13. The molecule has 2 rings (SSSR count). The molecular weight excluding hydrogens is 254 g/mol. The van der Waals surface area contributed by atoms with E-state index in [1.165, 1.54) is 10.8 Å². The zero-order valence-electron chi connectivity index (χ0n) is 12.9. The largest absolute Gasteiger partial charge is 0.332 e. The predicted octanol–water partition coefficient (Wildman–Crippen LogP) is 2.07. The van der Waals surface area contributed by atoms with Gasteiger partial charge in [-0.05, 0) is 47.6 Å². The average Bonchev–Trinajstić information content (AvgIpc) is 2.25. The summed E-state index contributed by atoms with van der Waals surface area (Å²) in [5, 5.41) is 0.469. The van der Waals surface area contributed by atoms with Gasteiger partial charge in [-0.25, -0.2) is 4.79 Å². The van der Waals surface area contributed by atoms with Crippen LogP contribution < -0.4 is 11.2 Å². The Balaban J connectivity index is 3.14. The molecule has 5 heteroatoms. The normalized spacial score (nSPS) is 12.9. The quantitative estimate of drug-likeness (QED) is 0.739. The molecule has 0 aromatic carbocycles. The Hall–Kier alpha value is -1.91. The highest BCUT2D eigenvalue weighted by Gasteiger charge is 2.26. The Morgan fingerprint density at radius 2 is 1.50 bits per heavy atom. The SMILES string of the molecule is CC(C)(C)n1c(=O)c2cnccc2n(C(C)(C)C)c1=O. The van der Waals surface area contributed by atoms with Crippen molar-refractivity contribution in [2.24, 2.45) is 0 Å². The minimum absolute atomic E-state index is 0.284. The molecule has 0 unspecified atom stereocenters. The van der Waals surface area contributed by atoms with Gasteiger partial charge >= 0.3 is 5.69 Å². The summed E-state index contributed by atoms with van der Waals surface area (Å²) in [7, 11) is 0. The lowest BCUT2D eigenvalue weighted by atomic mass is 10.1. The summed E-state index contributed by atoms with van der Waals surface area (Å²) < 4.78 is 2.97. The highest BCUT2D eigenvalue weighted by atomic mass is 16.2. The second-order valence-corrected chi connectivity index (χ2v) is 6.99. The Labute approximate surface area is 117 Å². The third-order valence-corrected chi connectivity index (χ3v) is 3.20. The molecule has 108 valence electrons. The summed E-state index contributed by atoms with van der Waals surface area (Å²) in [4.78, 5) is 29.4. The molecule has 0 aliphatic rings. The first-order valence-corrected chi connectivity index (χ1v) is 6.68. The van der Waals surface area contributed by atoms with Gasteiger partial charge in [0, 0.05) is 23.5 Å². The van der Waals surface area contributed by atoms with E-state index in [1.54, 1.807) is 16.8 Å².